The fraction of sp³-hybridized carbons (Fsp3) is 0. The van der Waals surface area contributed by atoms with Crippen LogP contribution in [-0.2, 0) is 4.79 Å². The number of allylic oxidation sites excluding steroid dienone is 5. The maximum absolute atomic E-state index is 12.0. The van der Waals surface area contributed by atoms with Gasteiger partial charge in [-0.2, -0.15) is 14.6 Å². The van der Waals surface area contributed by atoms with Crippen LogP contribution in [0.4, 0.5) is 5.82 Å². The molecular weight excluding hydrogens is 371 g/mol. The van der Waals surface area contributed by atoms with Crippen LogP contribution in [0.5, 0.6) is 0 Å². The van der Waals surface area contributed by atoms with Gasteiger partial charge in [-0.1, -0.05) is 34.5 Å². The summed E-state index contributed by atoms with van der Waals surface area (Å²) in [4.78, 5) is 27.7. The number of ketones is 1. The van der Waals surface area contributed by atoms with E-state index in [1.54, 1.807) is 0 Å². The number of nitrogen functional groups attached to an aromatic ring is 1. The molecule has 3 rings (SSSR count). The lowest BCUT2D eigenvalue weighted by atomic mass is 10.1. The highest BCUT2D eigenvalue weighted by molar-refractivity contribution is 7.14. The number of carbonyl (C=O) groups is 1. The van der Waals surface area contributed by atoms with Gasteiger partial charge in [0, 0.05) is 0 Å². The summed E-state index contributed by atoms with van der Waals surface area (Å²) in [7, 11) is 0. The molecule has 0 aliphatic heterocycles. The molecule has 114 valence electrons. The number of carbonyl (C=O) groups excluding carboxylic acids is 1. The van der Waals surface area contributed by atoms with Gasteiger partial charge in [-0.15, -0.1) is 12.4 Å². The summed E-state index contributed by atoms with van der Waals surface area (Å²) in [6.45, 7) is 0. The molecule has 2 aromatic heterocycles. The van der Waals surface area contributed by atoms with Crippen LogP contribution in [0.3, 0.4) is 0 Å². The maximum atomic E-state index is 12.0. The summed E-state index contributed by atoms with van der Waals surface area (Å²) in [5.41, 5.74) is 7.60. The Morgan fingerprint density at radius 2 is 1.86 bits per heavy atom. The lowest BCUT2D eigenvalue weighted by Gasteiger charge is -2.07. The molecule has 0 unspecified atom stereocenters. The zero-order valence-electron chi connectivity index (χ0n) is 10.6. The van der Waals surface area contributed by atoms with Crippen molar-refractivity contribution in [1.29, 1.82) is 0 Å². The Morgan fingerprint density at radius 1 is 1.23 bits per heavy atom. The van der Waals surface area contributed by atoms with E-state index in [4.69, 9.17) is 28.9 Å². The van der Waals surface area contributed by atoms with E-state index in [1.165, 1.54) is 39.6 Å². The Balaban J connectivity index is 0.00000176. The summed E-state index contributed by atoms with van der Waals surface area (Å²) in [6.07, 6.45) is 4.28. The van der Waals surface area contributed by atoms with Crippen molar-refractivity contribution in [3.63, 3.8) is 0 Å². The van der Waals surface area contributed by atoms with Crippen molar-refractivity contribution in [1.82, 2.24) is 14.6 Å². The minimum atomic E-state index is -0.491. The molecule has 2 N–H and O–H groups in total. The second-order valence-electron chi connectivity index (χ2n) is 4.11. The molecule has 0 aromatic carbocycles. The molecule has 0 atom stereocenters. The van der Waals surface area contributed by atoms with E-state index < -0.39 is 11.3 Å². The molecule has 0 fully saturated rings. The molecule has 0 spiro atoms. The van der Waals surface area contributed by atoms with Crippen molar-refractivity contribution in [3.8, 4) is 0 Å². The van der Waals surface area contributed by atoms with Gasteiger partial charge in [0.2, 0.25) is 10.7 Å². The van der Waals surface area contributed by atoms with Crippen LogP contribution in [-0.4, -0.2) is 20.4 Å². The predicted octanol–water partition coefficient (Wildman–Crippen LogP) is 2.37. The van der Waals surface area contributed by atoms with Gasteiger partial charge in [-0.3, -0.25) is 9.59 Å². The summed E-state index contributed by atoms with van der Waals surface area (Å²) < 4.78 is 1.36. The smallest absolute Gasteiger partial charge is 0.283 e. The van der Waals surface area contributed by atoms with Gasteiger partial charge >= 0.3 is 0 Å². The predicted molar refractivity (Wildman–Crippen MR) is 89.7 cm³/mol. The minimum absolute atomic E-state index is 0. The van der Waals surface area contributed by atoms with E-state index in [2.05, 4.69) is 10.1 Å². The number of hydrogen-bond acceptors (Lipinski definition) is 6. The number of aromatic nitrogens is 3. The number of Topliss-reactive ketones (excluding diaryl/α,β-unsaturated/α-hetero) is 1. The number of halogens is 3. The SMILES string of the molecule is Cl.Nc1c(C=C2C=C(Cl)C(=O)C(Cl)=C2)c(=O)nc2scnn12. The topological polar surface area (TPSA) is 90.4 Å². The third-order valence-electron chi connectivity index (χ3n) is 2.77. The van der Waals surface area contributed by atoms with Crippen LogP contribution in [0, 0.1) is 0 Å². The van der Waals surface area contributed by atoms with Crippen molar-refractivity contribution >= 4 is 69.6 Å². The number of anilines is 1. The first-order valence-electron chi connectivity index (χ1n) is 5.60. The molecule has 1 aliphatic carbocycles. The van der Waals surface area contributed by atoms with Crippen molar-refractivity contribution < 1.29 is 4.79 Å². The Morgan fingerprint density at radius 3 is 2.50 bits per heavy atom. The number of nitrogens with two attached hydrogens (primary N) is 1. The molecule has 0 saturated heterocycles. The van der Waals surface area contributed by atoms with E-state index in [0.29, 0.717) is 10.5 Å². The Hall–Kier alpha value is -1.67. The second-order valence-corrected chi connectivity index (χ2v) is 5.73. The van der Waals surface area contributed by atoms with E-state index in [-0.39, 0.29) is 33.9 Å². The Kier molecular flexibility index (Phi) is 4.72. The molecule has 0 bridgehead atoms. The van der Waals surface area contributed by atoms with Crippen molar-refractivity contribution in [3.05, 3.63) is 49.2 Å². The highest BCUT2D eigenvalue weighted by Gasteiger charge is 2.18. The monoisotopic (exact) mass is 376 g/mol. The molecule has 0 amide bonds. The Bertz CT molecular complexity index is 902. The molecule has 10 heteroatoms. The molecular formula is C12H7Cl3N4O2S. The van der Waals surface area contributed by atoms with Gasteiger partial charge in [0.05, 0.1) is 15.6 Å². The van der Waals surface area contributed by atoms with Crippen LogP contribution >= 0.6 is 46.9 Å². The molecule has 22 heavy (non-hydrogen) atoms. The summed E-state index contributed by atoms with van der Waals surface area (Å²) in [5, 5.41) is 3.93. The largest absolute Gasteiger partial charge is 0.383 e. The zero-order valence-corrected chi connectivity index (χ0v) is 13.8. The third kappa shape index (κ3) is 2.80. The fourth-order valence-corrected chi connectivity index (χ4v) is 2.91. The van der Waals surface area contributed by atoms with Crippen molar-refractivity contribution in [2.75, 3.05) is 5.73 Å². The molecule has 0 saturated carbocycles. The van der Waals surface area contributed by atoms with Crippen LogP contribution in [0.1, 0.15) is 5.56 Å². The van der Waals surface area contributed by atoms with Crippen LogP contribution < -0.4 is 11.3 Å². The molecule has 0 radical (unpaired) electrons. The quantitative estimate of drug-likeness (QED) is 0.824. The minimum Gasteiger partial charge on any atom is -0.383 e. The van der Waals surface area contributed by atoms with Gasteiger partial charge in [-0.05, 0) is 23.8 Å². The molecule has 2 heterocycles. The summed E-state index contributed by atoms with van der Waals surface area (Å²) >= 11 is 12.8. The lowest BCUT2D eigenvalue weighted by Crippen LogP contribution is -2.16. The van der Waals surface area contributed by atoms with Gasteiger partial charge in [0.1, 0.15) is 11.3 Å². The standard InChI is InChI=1S/C12H6Cl2N4O2S.ClH/c13-7-2-5(3-8(14)9(7)19)1-6-10(15)18-12(17-11(6)20)21-4-16-18;/h1-4H,15H2;1H. The summed E-state index contributed by atoms with van der Waals surface area (Å²) in [5.74, 6) is -0.307. The molecule has 6 nitrogen and oxygen atoms in total. The fourth-order valence-electron chi connectivity index (χ4n) is 1.79. The highest BCUT2D eigenvalue weighted by atomic mass is 35.5. The average Bonchev–Trinajstić information content (AvgIpc) is 2.89. The second kappa shape index (κ2) is 6.21. The molecule has 1 aliphatic rings. The van der Waals surface area contributed by atoms with Crippen molar-refractivity contribution in [2.24, 2.45) is 0 Å². The number of rotatable bonds is 1. The van der Waals surface area contributed by atoms with Gasteiger partial charge < -0.3 is 5.73 Å². The lowest BCUT2D eigenvalue weighted by molar-refractivity contribution is -0.111. The Labute approximate surface area is 144 Å². The van der Waals surface area contributed by atoms with E-state index >= 15 is 0 Å². The first-order chi connectivity index (χ1) is 9.97. The van der Waals surface area contributed by atoms with E-state index in [9.17, 15) is 9.59 Å². The van der Waals surface area contributed by atoms with E-state index in [1.807, 2.05) is 0 Å². The molecule has 2 aromatic rings. The highest BCUT2D eigenvalue weighted by Crippen LogP contribution is 2.25. The van der Waals surface area contributed by atoms with Crippen LogP contribution in [0.2, 0.25) is 0 Å². The first-order valence-corrected chi connectivity index (χ1v) is 7.23. The zero-order chi connectivity index (χ0) is 15.1. The van der Waals surface area contributed by atoms with Crippen LogP contribution in [0.25, 0.3) is 11.0 Å². The maximum Gasteiger partial charge on any atom is 0.283 e. The number of nitrogens with zero attached hydrogens (tertiary/aromatic N) is 3. The van der Waals surface area contributed by atoms with Gasteiger partial charge in [0.15, 0.2) is 0 Å². The first kappa shape index (κ1) is 16.7. The van der Waals surface area contributed by atoms with Crippen LogP contribution in [0.15, 0.2) is 38.1 Å². The average molecular weight is 378 g/mol. The summed E-state index contributed by atoms with van der Waals surface area (Å²) in [6, 6.07) is 0. The number of hydrogen-bond donors (Lipinski definition) is 1. The van der Waals surface area contributed by atoms with Gasteiger partial charge in [0.25, 0.3) is 5.56 Å². The van der Waals surface area contributed by atoms with Gasteiger partial charge in [-0.25, -0.2) is 0 Å². The normalized spacial score (nSPS) is 14.5. The number of fused-ring (bicyclic) bond motifs is 1. The third-order valence-corrected chi connectivity index (χ3v) is 4.00. The van der Waals surface area contributed by atoms with E-state index in [0.717, 1.165) is 0 Å². The van der Waals surface area contributed by atoms with Crippen molar-refractivity contribution in [2.45, 2.75) is 0 Å².